The maximum absolute atomic E-state index is 13.5. The van der Waals surface area contributed by atoms with Crippen molar-refractivity contribution in [3.05, 3.63) is 22.4 Å². The molecule has 4 saturated carbocycles. The molecular weight excluding hydrogens is 382 g/mol. The lowest BCUT2D eigenvalue weighted by atomic mass is 9.49. The molecule has 5 fully saturated rings. The molecule has 2 amide bonds. The standard InChI is InChI=1S/C23H33N3O2S/c1-16(21(27)24-15-20-3-2-8-29-20)25-4-6-26(7-5-25)22(28)23-12-17-9-18(13-23)11-19(10-17)14-23/h2-3,8,16-19H,4-7,9-15H2,1H3,(H,24,27). The van der Waals surface area contributed by atoms with Crippen LogP contribution in [0.3, 0.4) is 0 Å². The van der Waals surface area contributed by atoms with Crippen LogP contribution in [0.15, 0.2) is 17.5 Å². The molecule has 0 aromatic carbocycles. The Labute approximate surface area is 177 Å². The number of piperazine rings is 1. The van der Waals surface area contributed by atoms with Crippen LogP contribution >= 0.6 is 11.3 Å². The molecule has 2 heterocycles. The van der Waals surface area contributed by atoms with Crippen LogP contribution < -0.4 is 5.32 Å². The molecular formula is C23H33N3O2S. The average Bonchev–Trinajstić information content (AvgIpc) is 3.24. The van der Waals surface area contributed by atoms with Gasteiger partial charge in [0.2, 0.25) is 11.8 Å². The van der Waals surface area contributed by atoms with Crippen LogP contribution in [0.1, 0.15) is 50.3 Å². The lowest BCUT2D eigenvalue weighted by Gasteiger charge is -2.57. The van der Waals surface area contributed by atoms with Gasteiger partial charge in [-0.3, -0.25) is 14.5 Å². The number of carbonyl (C=O) groups excluding carboxylic acids is 2. The van der Waals surface area contributed by atoms with E-state index in [-0.39, 0.29) is 17.4 Å². The van der Waals surface area contributed by atoms with Crippen LogP contribution in [0.5, 0.6) is 0 Å². The number of carbonyl (C=O) groups is 2. The predicted octanol–water partition coefficient (Wildman–Crippen LogP) is 3.11. The molecule has 6 rings (SSSR count). The first-order valence-electron chi connectivity index (χ1n) is 11.4. The fraction of sp³-hybridized carbons (Fsp3) is 0.739. The van der Waals surface area contributed by atoms with Crippen molar-refractivity contribution in [3.8, 4) is 0 Å². The Kier molecular flexibility index (Phi) is 5.19. The number of hydrogen-bond acceptors (Lipinski definition) is 4. The highest BCUT2D eigenvalue weighted by atomic mass is 32.1. The van der Waals surface area contributed by atoms with E-state index in [4.69, 9.17) is 0 Å². The second-order valence-corrected chi connectivity index (χ2v) is 11.0. The third-order valence-electron chi connectivity index (χ3n) is 8.04. The van der Waals surface area contributed by atoms with Gasteiger partial charge in [0, 0.05) is 31.1 Å². The lowest BCUT2D eigenvalue weighted by molar-refractivity contribution is -0.159. The highest BCUT2D eigenvalue weighted by Crippen LogP contribution is 2.60. The van der Waals surface area contributed by atoms with Gasteiger partial charge in [0.25, 0.3) is 0 Å². The highest BCUT2D eigenvalue weighted by molar-refractivity contribution is 7.09. The zero-order chi connectivity index (χ0) is 20.0. The van der Waals surface area contributed by atoms with E-state index in [0.717, 1.165) is 63.2 Å². The second kappa shape index (κ2) is 7.69. The topological polar surface area (TPSA) is 52.7 Å². The van der Waals surface area contributed by atoms with E-state index in [9.17, 15) is 9.59 Å². The predicted molar refractivity (Wildman–Crippen MR) is 114 cm³/mol. The monoisotopic (exact) mass is 415 g/mol. The molecule has 5 nitrogen and oxygen atoms in total. The number of hydrogen-bond donors (Lipinski definition) is 1. The Balaban J connectivity index is 1.14. The molecule has 0 radical (unpaired) electrons. The first-order valence-corrected chi connectivity index (χ1v) is 12.2. The molecule has 1 atom stereocenters. The minimum absolute atomic E-state index is 0.0411. The lowest BCUT2D eigenvalue weighted by Crippen LogP contribution is -2.60. The second-order valence-electron chi connectivity index (χ2n) is 10.00. The summed E-state index contributed by atoms with van der Waals surface area (Å²) >= 11 is 1.67. The summed E-state index contributed by atoms with van der Waals surface area (Å²) in [6, 6.07) is 3.91. The Bertz CT molecular complexity index is 719. The van der Waals surface area contributed by atoms with Gasteiger partial charge in [-0.05, 0) is 74.6 Å². The van der Waals surface area contributed by atoms with Gasteiger partial charge in [0.15, 0.2) is 0 Å². The van der Waals surface area contributed by atoms with Gasteiger partial charge >= 0.3 is 0 Å². The minimum Gasteiger partial charge on any atom is -0.350 e. The van der Waals surface area contributed by atoms with E-state index in [1.807, 2.05) is 24.4 Å². The smallest absolute Gasteiger partial charge is 0.237 e. The highest BCUT2D eigenvalue weighted by Gasteiger charge is 2.55. The minimum atomic E-state index is -0.147. The van der Waals surface area contributed by atoms with Gasteiger partial charge in [0.1, 0.15) is 0 Å². The molecule has 5 aliphatic rings. The molecule has 158 valence electrons. The van der Waals surface area contributed by atoms with Crippen LogP contribution in [-0.4, -0.2) is 53.8 Å². The first kappa shape index (κ1) is 19.6. The summed E-state index contributed by atoms with van der Waals surface area (Å²) in [4.78, 5) is 31.6. The van der Waals surface area contributed by atoms with Crippen molar-refractivity contribution in [2.24, 2.45) is 23.2 Å². The molecule has 0 spiro atoms. The summed E-state index contributed by atoms with van der Waals surface area (Å²) in [6.45, 7) is 5.72. The molecule has 1 aromatic heterocycles. The third-order valence-corrected chi connectivity index (χ3v) is 8.91. The molecule has 6 heteroatoms. The largest absolute Gasteiger partial charge is 0.350 e. The van der Waals surface area contributed by atoms with Crippen molar-refractivity contribution in [1.82, 2.24) is 15.1 Å². The summed E-state index contributed by atoms with van der Waals surface area (Å²) in [5.41, 5.74) is -0.0411. The maximum atomic E-state index is 13.5. The fourth-order valence-electron chi connectivity index (χ4n) is 6.92. The first-order chi connectivity index (χ1) is 14.0. The quantitative estimate of drug-likeness (QED) is 0.804. The Morgan fingerprint density at radius 1 is 1.10 bits per heavy atom. The number of thiophene rings is 1. The summed E-state index contributed by atoms with van der Waals surface area (Å²) in [6.07, 6.45) is 7.54. The van der Waals surface area contributed by atoms with Gasteiger partial charge in [-0.1, -0.05) is 6.07 Å². The Hall–Kier alpha value is -1.40. The number of nitrogens with zero attached hydrogens (tertiary/aromatic N) is 2. The van der Waals surface area contributed by atoms with Crippen LogP contribution in [0, 0.1) is 23.2 Å². The van der Waals surface area contributed by atoms with Crippen molar-refractivity contribution in [2.75, 3.05) is 26.2 Å². The van der Waals surface area contributed by atoms with Crippen LogP contribution in [0.25, 0.3) is 0 Å². The SMILES string of the molecule is CC(C(=O)NCc1cccs1)N1CCN(C(=O)C23CC4CC(CC(C4)C2)C3)CC1. The summed E-state index contributed by atoms with van der Waals surface area (Å²) in [7, 11) is 0. The zero-order valence-corrected chi connectivity index (χ0v) is 18.3. The molecule has 4 aliphatic carbocycles. The van der Waals surface area contributed by atoms with Crippen molar-refractivity contribution in [1.29, 1.82) is 0 Å². The van der Waals surface area contributed by atoms with Crippen molar-refractivity contribution in [3.63, 3.8) is 0 Å². The van der Waals surface area contributed by atoms with Gasteiger partial charge < -0.3 is 10.2 Å². The molecule has 1 aromatic rings. The van der Waals surface area contributed by atoms with Crippen LogP contribution in [0.4, 0.5) is 0 Å². The normalized spacial score (nSPS) is 34.9. The van der Waals surface area contributed by atoms with E-state index >= 15 is 0 Å². The Morgan fingerprint density at radius 3 is 2.28 bits per heavy atom. The molecule has 1 saturated heterocycles. The molecule has 1 N–H and O–H groups in total. The van der Waals surface area contributed by atoms with E-state index in [0.29, 0.717) is 12.5 Å². The fourth-order valence-corrected chi connectivity index (χ4v) is 7.57. The van der Waals surface area contributed by atoms with E-state index in [1.165, 1.54) is 24.1 Å². The number of rotatable bonds is 5. The van der Waals surface area contributed by atoms with E-state index < -0.39 is 0 Å². The van der Waals surface area contributed by atoms with E-state index in [2.05, 4.69) is 15.1 Å². The van der Waals surface area contributed by atoms with Gasteiger partial charge in [-0.15, -0.1) is 11.3 Å². The summed E-state index contributed by atoms with van der Waals surface area (Å²) < 4.78 is 0. The van der Waals surface area contributed by atoms with Crippen LogP contribution in [0.2, 0.25) is 0 Å². The van der Waals surface area contributed by atoms with Crippen molar-refractivity contribution in [2.45, 2.75) is 58.0 Å². The average molecular weight is 416 g/mol. The number of nitrogens with one attached hydrogen (secondary N) is 1. The summed E-state index contributed by atoms with van der Waals surface area (Å²) in [5.74, 6) is 2.93. The van der Waals surface area contributed by atoms with Crippen LogP contribution in [-0.2, 0) is 16.1 Å². The summed E-state index contributed by atoms with van der Waals surface area (Å²) in [5, 5.41) is 5.09. The van der Waals surface area contributed by atoms with E-state index in [1.54, 1.807) is 11.3 Å². The molecule has 29 heavy (non-hydrogen) atoms. The third kappa shape index (κ3) is 3.74. The van der Waals surface area contributed by atoms with Gasteiger partial charge in [-0.2, -0.15) is 0 Å². The molecule has 1 aliphatic heterocycles. The van der Waals surface area contributed by atoms with Gasteiger partial charge in [-0.25, -0.2) is 0 Å². The van der Waals surface area contributed by atoms with Crippen molar-refractivity contribution < 1.29 is 9.59 Å². The van der Waals surface area contributed by atoms with Crippen molar-refractivity contribution >= 4 is 23.2 Å². The molecule has 1 unspecified atom stereocenters. The molecule has 4 bridgehead atoms. The van der Waals surface area contributed by atoms with Gasteiger partial charge in [0.05, 0.1) is 18.0 Å². The Morgan fingerprint density at radius 2 is 1.72 bits per heavy atom. The number of amides is 2. The zero-order valence-electron chi connectivity index (χ0n) is 17.4. The maximum Gasteiger partial charge on any atom is 0.237 e.